The van der Waals surface area contributed by atoms with E-state index in [1.807, 2.05) is 0 Å². The molecule has 0 radical (unpaired) electrons. The van der Waals surface area contributed by atoms with Crippen LogP contribution in [0.5, 0.6) is 0 Å². The van der Waals surface area contributed by atoms with E-state index in [0.29, 0.717) is 0 Å². The Morgan fingerprint density at radius 1 is 0.375 bits per heavy atom. The molecule has 3 heteroatoms. The summed E-state index contributed by atoms with van der Waals surface area (Å²) in [6, 6.07) is 34.4. The van der Waals surface area contributed by atoms with Crippen LogP contribution in [0.4, 0.5) is 0 Å². The third kappa shape index (κ3) is 3.53. The van der Waals surface area contributed by atoms with Crippen molar-refractivity contribution in [2.24, 2.45) is 0 Å². The molecule has 1 fully saturated rings. The van der Waals surface area contributed by atoms with Crippen LogP contribution in [0.3, 0.4) is 0 Å². The van der Waals surface area contributed by atoms with Crippen molar-refractivity contribution >= 4 is 42.0 Å². The first kappa shape index (κ1) is 15.8. The van der Waals surface area contributed by atoms with Crippen LogP contribution >= 0.6 is 0 Å². The summed E-state index contributed by atoms with van der Waals surface area (Å²) in [4.78, 5) is 0. The summed E-state index contributed by atoms with van der Waals surface area (Å²) >= 11 is 0. The highest BCUT2D eigenvalue weighted by atomic mass is 28.4. The van der Waals surface area contributed by atoms with Crippen molar-refractivity contribution in [3.05, 3.63) is 91.0 Å². The number of hydrogen-bond acceptors (Lipinski definition) is 0. The summed E-state index contributed by atoms with van der Waals surface area (Å²) in [5.41, 5.74) is 4.72. The van der Waals surface area contributed by atoms with Crippen LogP contribution in [0.2, 0.25) is 17.0 Å². The maximum absolute atomic E-state index is 2.41. The van der Waals surface area contributed by atoms with Crippen molar-refractivity contribution in [3.8, 4) is 0 Å². The molecular weight excluding hydrogens is 336 g/mol. The van der Waals surface area contributed by atoms with Gasteiger partial charge in [-0.15, -0.1) is 0 Å². The second-order valence-corrected chi connectivity index (χ2v) is 18.9. The van der Waals surface area contributed by atoms with Crippen molar-refractivity contribution in [1.29, 1.82) is 0 Å². The van der Waals surface area contributed by atoms with Crippen LogP contribution in [-0.4, -0.2) is 26.4 Å². The highest BCUT2D eigenvalue weighted by Gasteiger charge is 2.33. The molecule has 0 bridgehead atoms. The Bertz CT molecular complexity index is 645. The van der Waals surface area contributed by atoms with Gasteiger partial charge >= 0.3 is 0 Å². The van der Waals surface area contributed by atoms with Gasteiger partial charge in [0.1, 0.15) is 0 Å². The Labute approximate surface area is 150 Å². The lowest BCUT2D eigenvalue weighted by Gasteiger charge is -2.33. The molecule has 1 aliphatic rings. The van der Waals surface area contributed by atoms with Crippen LogP contribution in [0.25, 0.3) is 0 Å². The Balaban J connectivity index is 1.66. The van der Waals surface area contributed by atoms with Gasteiger partial charge in [-0.1, -0.05) is 124 Å². The Hall–Kier alpha value is -1.69. The first-order valence-electron chi connectivity index (χ1n) is 9.05. The predicted octanol–water partition coefficient (Wildman–Crippen LogP) is 2.02. The standard InChI is InChI=1S/C21H24Si3/c1-4-10-19(11-5-1)22-16-23(20-12-6-2-7-13-20)18-24(17-22)21-14-8-3-9-15-21/h1-15,22-24H,16-18H2. The minimum absolute atomic E-state index is 0.816. The first-order valence-corrected chi connectivity index (χ1v) is 15.7. The Morgan fingerprint density at radius 2 is 0.625 bits per heavy atom. The molecule has 1 saturated heterocycles. The van der Waals surface area contributed by atoms with Crippen LogP contribution in [0.1, 0.15) is 0 Å². The van der Waals surface area contributed by atoms with Crippen molar-refractivity contribution in [2.45, 2.75) is 17.0 Å². The summed E-state index contributed by atoms with van der Waals surface area (Å²) in [5.74, 6) is 0. The lowest BCUT2D eigenvalue weighted by molar-refractivity contribution is 1.55. The molecule has 0 saturated carbocycles. The number of hydrogen-bond donors (Lipinski definition) is 0. The third-order valence-corrected chi connectivity index (χ3v) is 23.2. The summed E-state index contributed by atoms with van der Waals surface area (Å²) in [5, 5.41) is 5.12. The fourth-order valence-electron chi connectivity index (χ4n) is 4.31. The van der Waals surface area contributed by atoms with E-state index >= 15 is 0 Å². The lowest BCUT2D eigenvalue weighted by Crippen LogP contribution is -2.53. The molecule has 0 unspecified atom stereocenters. The van der Waals surface area contributed by atoms with E-state index in [2.05, 4.69) is 91.0 Å². The molecule has 0 nitrogen and oxygen atoms in total. The molecule has 24 heavy (non-hydrogen) atoms. The average Bonchev–Trinajstić information content (AvgIpc) is 2.70. The maximum atomic E-state index is 2.41. The van der Waals surface area contributed by atoms with Gasteiger partial charge in [-0.05, 0) is 0 Å². The predicted molar refractivity (Wildman–Crippen MR) is 114 cm³/mol. The van der Waals surface area contributed by atoms with Gasteiger partial charge in [0.25, 0.3) is 0 Å². The largest absolute Gasteiger partial charge is 0.0658 e. The van der Waals surface area contributed by atoms with Crippen molar-refractivity contribution in [3.63, 3.8) is 0 Å². The first-order chi connectivity index (χ1) is 11.9. The molecule has 0 amide bonds. The monoisotopic (exact) mass is 360 g/mol. The fraction of sp³-hybridized carbons (Fsp3) is 0.143. The topological polar surface area (TPSA) is 0 Å². The molecule has 3 aromatic carbocycles. The third-order valence-electron chi connectivity index (χ3n) is 5.52. The van der Waals surface area contributed by atoms with Gasteiger partial charge in [0.15, 0.2) is 0 Å². The summed E-state index contributed by atoms with van der Waals surface area (Å²) in [6.07, 6.45) is 0. The van der Waals surface area contributed by atoms with Gasteiger partial charge < -0.3 is 0 Å². The van der Waals surface area contributed by atoms with Gasteiger partial charge in [-0.25, -0.2) is 0 Å². The van der Waals surface area contributed by atoms with Crippen LogP contribution in [0.15, 0.2) is 91.0 Å². The maximum Gasteiger partial charge on any atom is 0.0658 e. The van der Waals surface area contributed by atoms with Gasteiger partial charge in [0.05, 0.1) is 26.4 Å². The molecule has 1 heterocycles. The van der Waals surface area contributed by atoms with Crippen molar-refractivity contribution < 1.29 is 0 Å². The normalized spacial score (nSPS) is 23.8. The molecule has 0 N–H and O–H groups in total. The van der Waals surface area contributed by atoms with Crippen molar-refractivity contribution in [2.75, 3.05) is 0 Å². The minimum atomic E-state index is -0.816. The van der Waals surface area contributed by atoms with Gasteiger partial charge in [-0.3, -0.25) is 0 Å². The molecule has 4 rings (SSSR count). The van der Waals surface area contributed by atoms with Crippen molar-refractivity contribution in [1.82, 2.24) is 0 Å². The summed E-state index contributed by atoms with van der Waals surface area (Å²) < 4.78 is 0. The van der Waals surface area contributed by atoms with E-state index in [9.17, 15) is 0 Å². The second-order valence-electron chi connectivity index (χ2n) is 7.03. The zero-order valence-electron chi connectivity index (χ0n) is 14.0. The van der Waals surface area contributed by atoms with Gasteiger partial charge in [0, 0.05) is 0 Å². The fourth-order valence-corrected chi connectivity index (χ4v) is 28.9. The zero-order chi connectivity index (χ0) is 16.2. The highest BCUT2D eigenvalue weighted by molar-refractivity contribution is 7.06. The van der Waals surface area contributed by atoms with Crippen LogP contribution in [0, 0.1) is 0 Å². The smallest absolute Gasteiger partial charge is 0.0636 e. The summed E-state index contributed by atoms with van der Waals surface area (Å²) in [7, 11) is -2.45. The van der Waals surface area contributed by atoms with E-state index < -0.39 is 26.4 Å². The molecular formula is C21H24Si3. The summed E-state index contributed by atoms with van der Waals surface area (Å²) in [6.45, 7) is 0. The molecule has 120 valence electrons. The minimum Gasteiger partial charge on any atom is -0.0636 e. The van der Waals surface area contributed by atoms with E-state index in [1.165, 1.54) is 0 Å². The number of rotatable bonds is 3. The molecule has 0 spiro atoms. The lowest BCUT2D eigenvalue weighted by atomic mass is 10.4. The molecule has 3 aromatic rings. The van der Waals surface area contributed by atoms with E-state index in [0.717, 1.165) is 0 Å². The van der Waals surface area contributed by atoms with Crippen LogP contribution in [-0.2, 0) is 0 Å². The van der Waals surface area contributed by atoms with Crippen LogP contribution < -0.4 is 15.6 Å². The number of benzene rings is 3. The SMILES string of the molecule is c1ccc([SiH]2C[SiH](c3ccccc3)C[SiH](c3ccccc3)C2)cc1. The highest BCUT2D eigenvalue weighted by Crippen LogP contribution is 2.20. The quantitative estimate of drug-likeness (QED) is 0.627. The van der Waals surface area contributed by atoms with E-state index in [1.54, 1.807) is 32.6 Å². The second kappa shape index (κ2) is 7.47. The Morgan fingerprint density at radius 3 is 0.875 bits per heavy atom. The van der Waals surface area contributed by atoms with Gasteiger partial charge in [-0.2, -0.15) is 0 Å². The molecule has 1 aliphatic heterocycles. The average molecular weight is 361 g/mol. The molecule has 0 atom stereocenters. The molecule has 0 aliphatic carbocycles. The van der Waals surface area contributed by atoms with E-state index in [-0.39, 0.29) is 0 Å². The molecule has 0 aromatic heterocycles. The Kier molecular flexibility index (Phi) is 4.92. The van der Waals surface area contributed by atoms with Gasteiger partial charge in [0.2, 0.25) is 0 Å². The van der Waals surface area contributed by atoms with E-state index in [4.69, 9.17) is 0 Å². The zero-order valence-corrected chi connectivity index (χ0v) is 17.5.